The lowest BCUT2D eigenvalue weighted by Crippen LogP contribution is -2.10. The number of aliphatic hydroxyl groups excluding tert-OH is 1. The molecule has 0 aliphatic heterocycles. The highest BCUT2D eigenvalue weighted by molar-refractivity contribution is 5.28. The molecule has 1 aromatic carbocycles. The minimum Gasteiger partial charge on any atom is -0.388 e. The van der Waals surface area contributed by atoms with E-state index in [1.165, 1.54) is 6.07 Å². The van der Waals surface area contributed by atoms with Gasteiger partial charge in [-0.05, 0) is 24.1 Å². The Morgan fingerprint density at radius 2 is 2.00 bits per heavy atom. The molecule has 1 aromatic rings. The second-order valence-corrected chi connectivity index (χ2v) is 3.55. The van der Waals surface area contributed by atoms with E-state index in [9.17, 15) is 18.3 Å². The predicted octanol–water partition coefficient (Wildman–Crippen LogP) is 3.38. The van der Waals surface area contributed by atoms with Gasteiger partial charge in [-0.25, -0.2) is 13.2 Å². The molecule has 4 heteroatoms. The Bertz CT molecular complexity index is 344. The van der Waals surface area contributed by atoms with Crippen LogP contribution in [-0.2, 0) is 5.92 Å². The van der Waals surface area contributed by atoms with E-state index in [0.717, 1.165) is 12.1 Å². The number of benzene rings is 1. The largest absolute Gasteiger partial charge is 0.388 e. The second kappa shape index (κ2) is 4.23. The molecule has 1 rings (SSSR count). The molecule has 1 N–H and O–H groups in total. The molecule has 0 radical (unpaired) electrons. The van der Waals surface area contributed by atoms with Gasteiger partial charge in [0.05, 0.1) is 11.7 Å². The van der Waals surface area contributed by atoms with Crippen LogP contribution < -0.4 is 0 Å². The SMILES string of the molecule is CCC(O)c1ccc(C(C)(F)F)c(F)c1. The molecule has 15 heavy (non-hydrogen) atoms. The number of halogens is 3. The molecule has 0 aliphatic carbocycles. The number of hydrogen-bond donors (Lipinski definition) is 1. The first kappa shape index (κ1) is 12.0. The molecule has 0 saturated carbocycles. The first-order chi connectivity index (χ1) is 6.86. The average Bonchev–Trinajstić information content (AvgIpc) is 2.14. The predicted molar refractivity (Wildman–Crippen MR) is 51.2 cm³/mol. The van der Waals surface area contributed by atoms with Gasteiger partial charge in [0.1, 0.15) is 5.82 Å². The highest BCUT2D eigenvalue weighted by Gasteiger charge is 2.28. The number of alkyl halides is 2. The normalized spacial score (nSPS) is 14.0. The summed E-state index contributed by atoms with van der Waals surface area (Å²) in [5.74, 6) is -4.17. The van der Waals surface area contributed by atoms with Gasteiger partial charge in [0.25, 0.3) is 5.92 Å². The van der Waals surface area contributed by atoms with Gasteiger partial charge in [0.2, 0.25) is 0 Å². The van der Waals surface area contributed by atoms with E-state index in [2.05, 4.69) is 0 Å². The minimum absolute atomic E-state index is 0.322. The van der Waals surface area contributed by atoms with Crippen molar-refractivity contribution in [2.24, 2.45) is 0 Å². The summed E-state index contributed by atoms with van der Waals surface area (Å²) in [5.41, 5.74) is -0.322. The Hall–Kier alpha value is -1.03. The van der Waals surface area contributed by atoms with Crippen LogP contribution in [0.15, 0.2) is 18.2 Å². The van der Waals surface area contributed by atoms with Crippen molar-refractivity contribution in [3.63, 3.8) is 0 Å². The van der Waals surface area contributed by atoms with Crippen LogP contribution in [-0.4, -0.2) is 5.11 Å². The van der Waals surface area contributed by atoms with Crippen LogP contribution in [0, 0.1) is 5.82 Å². The van der Waals surface area contributed by atoms with E-state index in [4.69, 9.17) is 0 Å². The van der Waals surface area contributed by atoms with Crippen molar-refractivity contribution in [2.75, 3.05) is 0 Å². The lowest BCUT2D eigenvalue weighted by Gasteiger charge is -2.14. The van der Waals surface area contributed by atoms with Crippen LogP contribution in [0.2, 0.25) is 0 Å². The Kier molecular flexibility index (Phi) is 3.39. The molecule has 0 aromatic heterocycles. The third-order valence-corrected chi connectivity index (χ3v) is 2.24. The van der Waals surface area contributed by atoms with Crippen molar-refractivity contribution < 1.29 is 18.3 Å². The smallest absolute Gasteiger partial charge is 0.273 e. The fraction of sp³-hybridized carbons (Fsp3) is 0.455. The van der Waals surface area contributed by atoms with Crippen molar-refractivity contribution in [3.8, 4) is 0 Å². The molecule has 0 saturated heterocycles. The molecule has 0 spiro atoms. The van der Waals surface area contributed by atoms with Crippen molar-refractivity contribution in [3.05, 3.63) is 35.1 Å². The summed E-state index contributed by atoms with van der Waals surface area (Å²) in [6.07, 6.45) is -0.388. The fourth-order valence-corrected chi connectivity index (χ4v) is 1.33. The van der Waals surface area contributed by atoms with Gasteiger partial charge in [0, 0.05) is 6.92 Å². The summed E-state index contributed by atoms with van der Waals surface area (Å²) in [5, 5.41) is 9.39. The monoisotopic (exact) mass is 218 g/mol. The summed E-state index contributed by atoms with van der Waals surface area (Å²) in [7, 11) is 0. The van der Waals surface area contributed by atoms with Gasteiger partial charge in [-0.3, -0.25) is 0 Å². The van der Waals surface area contributed by atoms with E-state index in [-0.39, 0.29) is 0 Å². The maximum atomic E-state index is 13.3. The van der Waals surface area contributed by atoms with Gasteiger partial charge in [-0.2, -0.15) is 0 Å². The zero-order valence-electron chi connectivity index (χ0n) is 8.60. The van der Waals surface area contributed by atoms with Crippen LogP contribution in [0.1, 0.15) is 37.5 Å². The highest BCUT2D eigenvalue weighted by Crippen LogP contribution is 2.30. The summed E-state index contributed by atoms with van der Waals surface area (Å²) < 4.78 is 38.9. The summed E-state index contributed by atoms with van der Waals surface area (Å²) >= 11 is 0. The number of hydrogen-bond acceptors (Lipinski definition) is 1. The van der Waals surface area contributed by atoms with Crippen LogP contribution in [0.4, 0.5) is 13.2 Å². The van der Waals surface area contributed by atoms with E-state index >= 15 is 0 Å². The number of aliphatic hydroxyl groups is 1. The van der Waals surface area contributed by atoms with Gasteiger partial charge in [-0.15, -0.1) is 0 Å². The second-order valence-electron chi connectivity index (χ2n) is 3.55. The first-order valence-corrected chi connectivity index (χ1v) is 4.72. The van der Waals surface area contributed by atoms with Gasteiger partial charge < -0.3 is 5.11 Å². The Morgan fingerprint density at radius 3 is 2.40 bits per heavy atom. The van der Waals surface area contributed by atoms with Gasteiger partial charge in [0.15, 0.2) is 0 Å². The lowest BCUT2D eigenvalue weighted by atomic mass is 10.0. The molecule has 0 heterocycles. The highest BCUT2D eigenvalue weighted by atomic mass is 19.3. The topological polar surface area (TPSA) is 20.2 Å². The third kappa shape index (κ3) is 2.72. The van der Waals surface area contributed by atoms with Gasteiger partial charge >= 0.3 is 0 Å². The lowest BCUT2D eigenvalue weighted by molar-refractivity contribution is 0.0136. The summed E-state index contributed by atoms with van der Waals surface area (Å²) in [4.78, 5) is 0. The molecule has 1 nitrogen and oxygen atoms in total. The average molecular weight is 218 g/mol. The molecule has 1 unspecified atom stereocenters. The zero-order chi connectivity index (χ0) is 11.6. The molecular formula is C11H13F3O. The summed E-state index contributed by atoms with van der Waals surface area (Å²) in [6, 6.07) is 3.30. The van der Waals surface area contributed by atoms with Gasteiger partial charge in [-0.1, -0.05) is 13.0 Å². The fourth-order valence-electron chi connectivity index (χ4n) is 1.33. The van der Waals surface area contributed by atoms with Crippen molar-refractivity contribution in [1.29, 1.82) is 0 Å². The van der Waals surface area contributed by atoms with Crippen LogP contribution in [0.3, 0.4) is 0 Å². The molecule has 1 atom stereocenters. The molecule has 0 aliphatic rings. The Balaban J connectivity index is 3.09. The standard InChI is InChI=1S/C11H13F3O/c1-3-10(15)7-4-5-8(9(12)6-7)11(2,13)14/h4-6,10,15H,3H2,1-2H3. The third-order valence-electron chi connectivity index (χ3n) is 2.24. The molecule has 0 fully saturated rings. The molecular weight excluding hydrogens is 205 g/mol. The van der Waals surface area contributed by atoms with Crippen LogP contribution in [0.5, 0.6) is 0 Å². The number of rotatable bonds is 3. The first-order valence-electron chi connectivity index (χ1n) is 4.72. The van der Waals surface area contributed by atoms with E-state index < -0.39 is 23.4 Å². The summed E-state index contributed by atoms with van der Waals surface area (Å²) in [6.45, 7) is 2.37. The molecule has 0 amide bonds. The Labute approximate surface area is 86.5 Å². The van der Waals surface area contributed by atoms with E-state index in [0.29, 0.717) is 18.9 Å². The van der Waals surface area contributed by atoms with Crippen molar-refractivity contribution >= 4 is 0 Å². The maximum absolute atomic E-state index is 13.3. The van der Waals surface area contributed by atoms with Crippen molar-refractivity contribution in [2.45, 2.75) is 32.3 Å². The van der Waals surface area contributed by atoms with Crippen LogP contribution in [0.25, 0.3) is 0 Å². The Morgan fingerprint density at radius 1 is 1.40 bits per heavy atom. The van der Waals surface area contributed by atoms with E-state index in [1.54, 1.807) is 6.92 Å². The molecule has 0 bridgehead atoms. The zero-order valence-corrected chi connectivity index (χ0v) is 8.60. The molecule has 84 valence electrons. The van der Waals surface area contributed by atoms with E-state index in [1.807, 2.05) is 0 Å². The maximum Gasteiger partial charge on any atom is 0.273 e. The van der Waals surface area contributed by atoms with Crippen LogP contribution >= 0.6 is 0 Å². The quantitative estimate of drug-likeness (QED) is 0.824. The van der Waals surface area contributed by atoms with Crippen molar-refractivity contribution in [1.82, 2.24) is 0 Å². The minimum atomic E-state index is -3.19.